The number of nitrogens with one attached hydrogen (secondary N) is 1. The normalized spacial score (nSPS) is 21.3. The molecule has 1 N–H and O–H groups in total. The lowest BCUT2D eigenvalue weighted by Crippen LogP contribution is -2.42. The van der Waals surface area contributed by atoms with E-state index < -0.39 is 0 Å². The maximum atomic E-state index is 12.2. The maximum Gasteiger partial charge on any atom is 0.240 e. The molecular formula is C18H28N6O2. The molecule has 1 amide bonds. The predicted molar refractivity (Wildman–Crippen MR) is 98.7 cm³/mol. The Labute approximate surface area is 154 Å². The Bertz CT molecular complexity index is 740. The third-order valence-electron chi connectivity index (χ3n) is 4.92. The molecule has 2 aromatic heterocycles. The highest BCUT2D eigenvalue weighted by Crippen LogP contribution is 2.35. The fourth-order valence-electron chi connectivity index (χ4n) is 3.88. The smallest absolute Gasteiger partial charge is 0.240 e. The summed E-state index contributed by atoms with van der Waals surface area (Å²) < 4.78 is 6.89. The number of anilines is 1. The molecule has 3 heterocycles. The third kappa shape index (κ3) is 4.50. The van der Waals surface area contributed by atoms with Gasteiger partial charge < -0.3 is 4.52 Å². The quantitative estimate of drug-likeness (QED) is 0.844. The zero-order chi connectivity index (χ0) is 18.7. The maximum absolute atomic E-state index is 12.2. The Hall–Kier alpha value is -2.19. The van der Waals surface area contributed by atoms with E-state index in [2.05, 4.69) is 38.6 Å². The first-order chi connectivity index (χ1) is 12.4. The van der Waals surface area contributed by atoms with Gasteiger partial charge in [0, 0.05) is 37.5 Å². The number of carbonyl (C=O) groups excluding carboxylic acids is 1. The summed E-state index contributed by atoms with van der Waals surface area (Å²) in [6, 6.07) is 2.05. The molecule has 8 nitrogen and oxygen atoms in total. The second-order valence-corrected chi connectivity index (χ2v) is 7.35. The monoisotopic (exact) mass is 360 g/mol. The first-order valence-corrected chi connectivity index (χ1v) is 9.03. The predicted octanol–water partition coefficient (Wildman–Crippen LogP) is 1.67. The molecule has 0 bridgehead atoms. The van der Waals surface area contributed by atoms with Gasteiger partial charge in [-0.05, 0) is 46.3 Å². The van der Waals surface area contributed by atoms with Gasteiger partial charge in [0.15, 0.2) is 0 Å². The number of hydrogen-bond donors (Lipinski definition) is 1. The standard InChI is InChI=1S/C18H28N6O2/c1-13-8-17(26-21-13)20-16(25)12-22(2)10-14-6-5-7-23(3)18(14)15-9-19-24(4)11-15/h8-9,11,14,18H,5-7,10,12H2,1-4H3,(H,20,25)/t14-,18+/m0/s1. The molecule has 142 valence electrons. The van der Waals surface area contributed by atoms with E-state index in [0.29, 0.717) is 24.4 Å². The van der Waals surface area contributed by atoms with Gasteiger partial charge in [0.2, 0.25) is 11.8 Å². The van der Waals surface area contributed by atoms with Crippen LogP contribution in [0, 0.1) is 12.8 Å². The van der Waals surface area contributed by atoms with E-state index >= 15 is 0 Å². The van der Waals surface area contributed by atoms with Crippen molar-refractivity contribution < 1.29 is 9.32 Å². The van der Waals surface area contributed by atoms with Gasteiger partial charge in [-0.1, -0.05) is 5.16 Å². The zero-order valence-electron chi connectivity index (χ0n) is 16.0. The SMILES string of the molecule is Cc1cc(NC(=O)CN(C)C[C@@H]2CCCN(C)[C@H]2c2cnn(C)c2)on1. The molecule has 2 atom stereocenters. The lowest BCUT2D eigenvalue weighted by Gasteiger charge is -2.40. The van der Waals surface area contributed by atoms with Gasteiger partial charge in [0.25, 0.3) is 0 Å². The van der Waals surface area contributed by atoms with Crippen LogP contribution in [0.4, 0.5) is 5.88 Å². The number of rotatable bonds is 6. The van der Waals surface area contributed by atoms with Gasteiger partial charge in [-0.15, -0.1) is 0 Å². The number of carbonyl (C=O) groups is 1. The summed E-state index contributed by atoms with van der Waals surface area (Å²) in [5.41, 5.74) is 1.99. The van der Waals surface area contributed by atoms with Gasteiger partial charge in [-0.3, -0.25) is 24.6 Å². The summed E-state index contributed by atoms with van der Waals surface area (Å²) in [4.78, 5) is 16.7. The van der Waals surface area contributed by atoms with Crippen molar-refractivity contribution in [2.24, 2.45) is 13.0 Å². The molecule has 0 aromatic carbocycles. The number of nitrogens with zero attached hydrogens (tertiary/aromatic N) is 5. The van der Waals surface area contributed by atoms with E-state index in [0.717, 1.165) is 25.2 Å². The van der Waals surface area contributed by atoms with Crippen molar-refractivity contribution in [3.63, 3.8) is 0 Å². The van der Waals surface area contributed by atoms with Crippen LogP contribution in [0.25, 0.3) is 0 Å². The van der Waals surface area contributed by atoms with E-state index in [1.54, 1.807) is 6.07 Å². The van der Waals surface area contributed by atoms with Gasteiger partial charge in [0.05, 0.1) is 18.4 Å². The fourth-order valence-corrected chi connectivity index (χ4v) is 3.88. The summed E-state index contributed by atoms with van der Waals surface area (Å²) >= 11 is 0. The van der Waals surface area contributed by atoms with Gasteiger partial charge in [-0.25, -0.2) is 0 Å². The van der Waals surface area contributed by atoms with E-state index in [4.69, 9.17) is 4.52 Å². The van der Waals surface area contributed by atoms with Crippen LogP contribution in [0.1, 0.15) is 30.1 Å². The minimum Gasteiger partial charge on any atom is -0.338 e. The number of piperidine rings is 1. The van der Waals surface area contributed by atoms with Crippen LogP contribution in [0.2, 0.25) is 0 Å². The summed E-state index contributed by atoms with van der Waals surface area (Å²) in [7, 11) is 6.10. The van der Waals surface area contributed by atoms with Crippen molar-refractivity contribution in [3.8, 4) is 0 Å². The molecule has 0 radical (unpaired) electrons. The van der Waals surface area contributed by atoms with Crippen molar-refractivity contribution >= 4 is 11.8 Å². The highest BCUT2D eigenvalue weighted by Gasteiger charge is 2.32. The average Bonchev–Trinajstić information content (AvgIpc) is 3.15. The number of amides is 1. The van der Waals surface area contributed by atoms with Crippen LogP contribution in [0.15, 0.2) is 23.0 Å². The number of aromatic nitrogens is 3. The summed E-state index contributed by atoms with van der Waals surface area (Å²) in [5, 5.41) is 10.9. The van der Waals surface area contributed by atoms with Crippen LogP contribution in [-0.2, 0) is 11.8 Å². The number of likely N-dealkylation sites (tertiary alicyclic amines) is 1. The van der Waals surface area contributed by atoms with Crippen LogP contribution < -0.4 is 5.32 Å². The molecule has 0 saturated carbocycles. The molecule has 26 heavy (non-hydrogen) atoms. The first-order valence-electron chi connectivity index (χ1n) is 9.03. The molecule has 1 fully saturated rings. The average molecular weight is 360 g/mol. The third-order valence-corrected chi connectivity index (χ3v) is 4.92. The molecule has 1 aliphatic heterocycles. The first kappa shape index (κ1) is 18.6. The van der Waals surface area contributed by atoms with Crippen molar-refractivity contribution in [1.29, 1.82) is 0 Å². The van der Waals surface area contributed by atoms with Crippen molar-refractivity contribution in [2.75, 3.05) is 39.0 Å². The lowest BCUT2D eigenvalue weighted by atomic mass is 9.86. The van der Waals surface area contributed by atoms with Crippen LogP contribution in [0.3, 0.4) is 0 Å². The second kappa shape index (κ2) is 8.01. The van der Waals surface area contributed by atoms with Gasteiger partial charge in [0.1, 0.15) is 0 Å². The summed E-state index contributed by atoms with van der Waals surface area (Å²) in [5.74, 6) is 0.764. The Morgan fingerprint density at radius 3 is 2.92 bits per heavy atom. The van der Waals surface area contributed by atoms with E-state index in [1.807, 2.05) is 31.9 Å². The van der Waals surface area contributed by atoms with Crippen molar-refractivity contribution in [3.05, 3.63) is 29.7 Å². The zero-order valence-corrected chi connectivity index (χ0v) is 16.0. The molecule has 0 aliphatic carbocycles. The molecule has 8 heteroatoms. The van der Waals surface area contributed by atoms with Gasteiger partial charge >= 0.3 is 0 Å². The highest BCUT2D eigenvalue weighted by molar-refractivity contribution is 5.90. The molecule has 0 unspecified atom stereocenters. The summed E-state index contributed by atoms with van der Waals surface area (Å²) in [6.07, 6.45) is 6.38. The molecule has 1 aliphatic rings. The van der Waals surface area contributed by atoms with Gasteiger partial charge in [-0.2, -0.15) is 5.10 Å². The fraction of sp³-hybridized carbons (Fsp3) is 0.611. The second-order valence-electron chi connectivity index (χ2n) is 7.35. The Morgan fingerprint density at radius 1 is 1.46 bits per heavy atom. The summed E-state index contributed by atoms with van der Waals surface area (Å²) in [6.45, 7) is 4.08. The van der Waals surface area contributed by atoms with Crippen LogP contribution in [0.5, 0.6) is 0 Å². The lowest BCUT2D eigenvalue weighted by molar-refractivity contribution is -0.117. The minimum absolute atomic E-state index is 0.0919. The van der Waals surface area contributed by atoms with Crippen LogP contribution >= 0.6 is 0 Å². The van der Waals surface area contributed by atoms with E-state index in [1.165, 1.54) is 12.0 Å². The van der Waals surface area contributed by atoms with Crippen molar-refractivity contribution in [2.45, 2.75) is 25.8 Å². The minimum atomic E-state index is -0.0919. The molecule has 2 aromatic rings. The Morgan fingerprint density at radius 2 is 2.27 bits per heavy atom. The molecular weight excluding hydrogens is 332 g/mol. The Balaban J connectivity index is 1.59. The highest BCUT2D eigenvalue weighted by atomic mass is 16.5. The van der Waals surface area contributed by atoms with E-state index in [9.17, 15) is 4.79 Å². The molecule has 3 rings (SSSR count). The molecule has 1 saturated heterocycles. The van der Waals surface area contributed by atoms with Crippen LogP contribution in [-0.4, -0.2) is 64.4 Å². The number of likely N-dealkylation sites (N-methyl/N-ethyl adjacent to an activating group) is 1. The number of aryl methyl sites for hydroxylation is 2. The Kier molecular flexibility index (Phi) is 5.73. The topological polar surface area (TPSA) is 79.4 Å². The van der Waals surface area contributed by atoms with E-state index in [-0.39, 0.29) is 5.91 Å². The van der Waals surface area contributed by atoms with Crippen molar-refractivity contribution in [1.82, 2.24) is 24.7 Å². The molecule has 0 spiro atoms. The largest absolute Gasteiger partial charge is 0.338 e. The number of hydrogen-bond acceptors (Lipinski definition) is 6.